The third kappa shape index (κ3) is 3.39. The molecule has 0 aliphatic rings. The topological polar surface area (TPSA) is 81.4 Å². The average Bonchev–Trinajstić information content (AvgIpc) is 3.34. The molecule has 2 aromatic heterocycles. The Morgan fingerprint density at radius 2 is 1.86 bits per heavy atom. The highest BCUT2D eigenvalue weighted by molar-refractivity contribution is 7.14. The van der Waals surface area contributed by atoms with Crippen molar-refractivity contribution in [3.8, 4) is 17.2 Å². The molecule has 0 saturated heterocycles. The first-order valence-corrected chi connectivity index (χ1v) is 9.38. The van der Waals surface area contributed by atoms with Gasteiger partial charge in [-0.25, -0.2) is 4.98 Å². The van der Waals surface area contributed by atoms with Crippen LogP contribution in [0.5, 0.6) is 5.75 Å². The van der Waals surface area contributed by atoms with Gasteiger partial charge in [0.1, 0.15) is 5.69 Å². The summed E-state index contributed by atoms with van der Waals surface area (Å²) >= 11 is 1.31. The Morgan fingerprint density at radius 3 is 2.57 bits per heavy atom. The third-order valence-corrected chi connectivity index (χ3v) is 5.02. The van der Waals surface area contributed by atoms with Crippen molar-refractivity contribution in [2.75, 3.05) is 12.4 Å². The number of benzene rings is 2. The maximum absolute atomic E-state index is 12.4. The quantitative estimate of drug-likeness (QED) is 0.482. The highest BCUT2D eigenvalue weighted by atomic mass is 32.1. The Bertz CT molecular complexity index is 1170. The molecule has 7 heteroatoms. The Hall–Kier alpha value is -3.45. The number of thiazole rings is 1. The lowest BCUT2D eigenvalue weighted by Crippen LogP contribution is -2.11. The summed E-state index contributed by atoms with van der Waals surface area (Å²) in [5, 5.41) is 5.97. The largest absolute Gasteiger partial charge is 0.493 e. The summed E-state index contributed by atoms with van der Waals surface area (Å²) in [5.41, 5.74) is 2.30. The van der Waals surface area contributed by atoms with E-state index in [9.17, 15) is 9.59 Å². The Kier molecular flexibility index (Phi) is 4.67. The molecule has 0 aliphatic heterocycles. The predicted octanol–water partition coefficient (Wildman–Crippen LogP) is 5.02. The van der Waals surface area contributed by atoms with Gasteiger partial charge in [0.05, 0.1) is 7.11 Å². The molecule has 28 heavy (non-hydrogen) atoms. The molecule has 0 radical (unpaired) electrons. The predicted molar refractivity (Wildman–Crippen MR) is 108 cm³/mol. The fraction of sp³-hybridized carbons (Fsp3) is 0.0952. The van der Waals surface area contributed by atoms with Crippen LogP contribution < -0.4 is 10.1 Å². The summed E-state index contributed by atoms with van der Waals surface area (Å²) < 4.78 is 11.2. The van der Waals surface area contributed by atoms with E-state index in [1.807, 2.05) is 29.6 Å². The van der Waals surface area contributed by atoms with Crippen molar-refractivity contribution in [3.05, 3.63) is 65.0 Å². The van der Waals surface area contributed by atoms with E-state index in [2.05, 4.69) is 10.3 Å². The minimum absolute atomic E-state index is 0.0426. The monoisotopic (exact) mass is 392 g/mol. The molecule has 0 spiro atoms. The van der Waals surface area contributed by atoms with E-state index in [1.54, 1.807) is 31.4 Å². The Morgan fingerprint density at radius 1 is 1.11 bits per heavy atom. The number of anilines is 1. The van der Waals surface area contributed by atoms with Crippen LogP contribution >= 0.6 is 11.3 Å². The highest BCUT2D eigenvalue weighted by Crippen LogP contribution is 2.34. The van der Waals surface area contributed by atoms with Crippen LogP contribution in [0.2, 0.25) is 0 Å². The number of aromatic nitrogens is 1. The van der Waals surface area contributed by atoms with Gasteiger partial charge in [-0.05, 0) is 31.2 Å². The molecule has 0 atom stereocenters. The molecule has 1 amide bonds. The number of para-hydroxylation sites is 1. The van der Waals surface area contributed by atoms with Crippen molar-refractivity contribution in [3.63, 3.8) is 0 Å². The third-order valence-electron chi connectivity index (χ3n) is 4.26. The van der Waals surface area contributed by atoms with E-state index in [1.165, 1.54) is 18.3 Å². The number of ether oxygens (including phenoxy) is 1. The molecule has 2 heterocycles. The zero-order valence-corrected chi connectivity index (χ0v) is 16.0. The number of nitrogens with zero attached hydrogens (tertiary/aromatic N) is 1. The number of carbonyl (C=O) groups excluding carboxylic acids is 2. The first-order chi connectivity index (χ1) is 13.5. The number of hydrogen-bond acceptors (Lipinski definition) is 6. The summed E-state index contributed by atoms with van der Waals surface area (Å²) in [6.45, 7) is 1.49. The molecule has 4 aromatic rings. The lowest BCUT2D eigenvalue weighted by Gasteiger charge is -2.02. The van der Waals surface area contributed by atoms with Crippen LogP contribution in [0.25, 0.3) is 22.4 Å². The zero-order chi connectivity index (χ0) is 19.7. The molecule has 1 N–H and O–H groups in total. The SMILES string of the molecule is COc1cccc2cc(-c3csc(NC(=O)c4ccc(C(C)=O)cc4)n3)oc12. The Balaban J connectivity index is 1.54. The lowest BCUT2D eigenvalue weighted by atomic mass is 10.1. The van der Waals surface area contributed by atoms with Gasteiger partial charge in [0, 0.05) is 21.9 Å². The van der Waals surface area contributed by atoms with Crippen molar-refractivity contribution in [1.29, 1.82) is 0 Å². The molecular formula is C21H16N2O4S. The first-order valence-electron chi connectivity index (χ1n) is 8.50. The summed E-state index contributed by atoms with van der Waals surface area (Å²) in [6, 6.07) is 14.0. The number of fused-ring (bicyclic) bond motifs is 1. The summed E-state index contributed by atoms with van der Waals surface area (Å²) in [6.07, 6.45) is 0. The van der Waals surface area contributed by atoms with Crippen LogP contribution in [0.1, 0.15) is 27.6 Å². The molecule has 0 bridgehead atoms. The van der Waals surface area contributed by atoms with E-state index in [4.69, 9.17) is 9.15 Å². The van der Waals surface area contributed by atoms with Gasteiger partial charge in [-0.15, -0.1) is 11.3 Å². The second kappa shape index (κ2) is 7.28. The second-order valence-electron chi connectivity index (χ2n) is 6.11. The minimum atomic E-state index is -0.290. The normalized spacial score (nSPS) is 10.8. The maximum atomic E-state index is 12.4. The number of methoxy groups -OCH3 is 1. The van der Waals surface area contributed by atoms with E-state index >= 15 is 0 Å². The van der Waals surface area contributed by atoms with Gasteiger partial charge in [0.15, 0.2) is 28.0 Å². The van der Waals surface area contributed by atoms with E-state index in [0.717, 1.165) is 5.39 Å². The standard InChI is InChI=1S/C21H16N2O4S/c1-12(24)13-6-8-14(9-7-13)20(25)23-21-22-16(11-28-21)18-10-15-4-3-5-17(26-2)19(15)27-18/h3-11H,1-2H3,(H,22,23,25). The van der Waals surface area contributed by atoms with Gasteiger partial charge in [0.2, 0.25) is 0 Å². The lowest BCUT2D eigenvalue weighted by molar-refractivity contribution is 0.100. The molecule has 0 aliphatic carbocycles. The van der Waals surface area contributed by atoms with Crippen LogP contribution in [0.4, 0.5) is 5.13 Å². The molecule has 0 saturated carbocycles. The summed E-state index contributed by atoms with van der Waals surface area (Å²) in [7, 11) is 1.59. The molecule has 140 valence electrons. The average molecular weight is 392 g/mol. The zero-order valence-electron chi connectivity index (χ0n) is 15.2. The maximum Gasteiger partial charge on any atom is 0.257 e. The fourth-order valence-corrected chi connectivity index (χ4v) is 3.49. The number of carbonyl (C=O) groups is 2. The van der Waals surface area contributed by atoms with Crippen molar-refractivity contribution >= 4 is 39.1 Å². The van der Waals surface area contributed by atoms with Crippen molar-refractivity contribution in [2.45, 2.75) is 6.92 Å². The van der Waals surface area contributed by atoms with Gasteiger partial charge in [-0.1, -0.05) is 24.3 Å². The number of amides is 1. The van der Waals surface area contributed by atoms with Gasteiger partial charge in [0.25, 0.3) is 5.91 Å². The molecular weight excluding hydrogens is 376 g/mol. The van der Waals surface area contributed by atoms with E-state index in [-0.39, 0.29) is 11.7 Å². The van der Waals surface area contributed by atoms with Crippen LogP contribution in [-0.2, 0) is 0 Å². The number of rotatable bonds is 5. The summed E-state index contributed by atoms with van der Waals surface area (Å²) in [4.78, 5) is 28.2. The van der Waals surface area contributed by atoms with Crippen molar-refractivity contribution in [2.24, 2.45) is 0 Å². The molecule has 6 nitrogen and oxygen atoms in total. The van der Waals surface area contributed by atoms with Gasteiger partial charge in [-0.3, -0.25) is 14.9 Å². The number of Topliss-reactive ketones (excluding diaryl/α,β-unsaturated/α-hetero) is 1. The number of nitrogens with one attached hydrogen (secondary N) is 1. The molecule has 0 fully saturated rings. The smallest absolute Gasteiger partial charge is 0.257 e. The van der Waals surface area contributed by atoms with Crippen LogP contribution in [0, 0.1) is 0 Å². The van der Waals surface area contributed by atoms with Crippen LogP contribution in [0.3, 0.4) is 0 Å². The van der Waals surface area contributed by atoms with Gasteiger partial charge >= 0.3 is 0 Å². The fourth-order valence-electron chi connectivity index (χ4n) is 2.79. The number of furan rings is 1. The summed E-state index contributed by atoms with van der Waals surface area (Å²) in [5.74, 6) is 0.921. The minimum Gasteiger partial charge on any atom is -0.493 e. The first kappa shape index (κ1) is 17.9. The Labute approximate surface area is 164 Å². The second-order valence-corrected chi connectivity index (χ2v) is 6.97. The van der Waals surface area contributed by atoms with Crippen LogP contribution in [-0.4, -0.2) is 23.8 Å². The van der Waals surface area contributed by atoms with Crippen molar-refractivity contribution in [1.82, 2.24) is 4.98 Å². The van der Waals surface area contributed by atoms with E-state index in [0.29, 0.717) is 39.0 Å². The van der Waals surface area contributed by atoms with E-state index < -0.39 is 0 Å². The molecule has 4 rings (SSSR count). The number of ketones is 1. The molecule has 0 unspecified atom stereocenters. The molecule has 2 aromatic carbocycles. The van der Waals surface area contributed by atoms with Crippen LogP contribution in [0.15, 0.2) is 58.3 Å². The number of hydrogen-bond donors (Lipinski definition) is 1. The van der Waals surface area contributed by atoms with Gasteiger partial charge in [-0.2, -0.15) is 0 Å². The van der Waals surface area contributed by atoms with Gasteiger partial charge < -0.3 is 9.15 Å². The van der Waals surface area contributed by atoms with Crippen molar-refractivity contribution < 1.29 is 18.7 Å². The highest BCUT2D eigenvalue weighted by Gasteiger charge is 2.15.